The number of ether oxygens (including phenoxy) is 2. The Morgan fingerprint density at radius 3 is 2.23 bits per heavy atom. The summed E-state index contributed by atoms with van der Waals surface area (Å²) in [5, 5.41) is 5.01. The molecule has 1 aromatic carbocycles. The van der Waals surface area contributed by atoms with Gasteiger partial charge >= 0.3 is 6.09 Å². The molecule has 1 aliphatic heterocycles. The van der Waals surface area contributed by atoms with Crippen LogP contribution in [0.3, 0.4) is 0 Å². The Hall–Kier alpha value is -3.75. The van der Waals surface area contributed by atoms with Gasteiger partial charge < -0.3 is 25.0 Å². The number of amides is 4. The van der Waals surface area contributed by atoms with Crippen molar-refractivity contribution in [2.75, 3.05) is 13.7 Å². The number of benzene rings is 1. The van der Waals surface area contributed by atoms with Gasteiger partial charge in [-0.1, -0.05) is 51.1 Å². The highest BCUT2D eigenvalue weighted by atomic mass is 32.2. The average Bonchev–Trinajstić information content (AvgIpc) is 3.91. The molecule has 3 saturated carbocycles. The smallest absolute Gasteiger partial charge is 0.408 e. The quantitative estimate of drug-likeness (QED) is 0.258. The van der Waals surface area contributed by atoms with Crippen molar-refractivity contribution in [1.29, 1.82) is 0 Å². The predicted molar refractivity (Wildman–Crippen MR) is 198 cm³/mol. The molecule has 1 saturated heterocycles. The van der Waals surface area contributed by atoms with Crippen LogP contribution in [0.5, 0.6) is 0 Å². The number of carbonyl (C=O) groups is 4. The van der Waals surface area contributed by atoms with E-state index in [1.54, 1.807) is 11.3 Å². The Morgan fingerprint density at radius 2 is 1.69 bits per heavy atom. The van der Waals surface area contributed by atoms with Gasteiger partial charge in [-0.05, 0) is 80.5 Å². The lowest BCUT2D eigenvalue weighted by molar-refractivity contribution is -0.143. The van der Waals surface area contributed by atoms with E-state index in [4.69, 9.17) is 9.47 Å². The molecule has 14 heteroatoms. The highest BCUT2D eigenvalue weighted by molar-refractivity contribution is 7.91. The van der Waals surface area contributed by atoms with Crippen LogP contribution in [0.25, 0.3) is 10.4 Å². The first-order chi connectivity index (χ1) is 24.5. The van der Waals surface area contributed by atoms with Crippen molar-refractivity contribution in [3.05, 3.63) is 59.5 Å². The lowest BCUT2D eigenvalue weighted by Crippen LogP contribution is -2.60. The first kappa shape index (κ1) is 38.0. The molecule has 6 rings (SSSR count). The third-order valence-electron chi connectivity index (χ3n) is 10.9. The van der Waals surface area contributed by atoms with Gasteiger partial charge in [-0.15, -0.1) is 17.9 Å². The molecule has 3 N–H and O–H groups in total. The number of hydrogen-bond acceptors (Lipinski definition) is 9. The summed E-state index contributed by atoms with van der Waals surface area (Å²) in [5.74, 6) is -2.48. The lowest BCUT2D eigenvalue weighted by atomic mass is 9.85. The summed E-state index contributed by atoms with van der Waals surface area (Å²) in [6.45, 7) is 11.3. The number of nitrogens with one attached hydrogen (secondary N) is 3. The fraction of sp³-hybridized carbons (Fsp3) is 0.579. The van der Waals surface area contributed by atoms with Gasteiger partial charge in [0.05, 0.1) is 11.8 Å². The van der Waals surface area contributed by atoms with Gasteiger partial charge in [-0.3, -0.25) is 19.1 Å². The molecule has 2 heterocycles. The zero-order chi connectivity index (χ0) is 37.6. The Morgan fingerprint density at radius 1 is 1.02 bits per heavy atom. The number of carbonyl (C=O) groups excluding carboxylic acids is 4. The number of hydrogen-bond donors (Lipinski definition) is 3. The van der Waals surface area contributed by atoms with Crippen molar-refractivity contribution in [2.24, 2.45) is 11.3 Å². The summed E-state index contributed by atoms with van der Waals surface area (Å²) in [6, 6.07) is 9.74. The van der Waals surface area contributed by atoms with E-state index in [9.17, 15) is 27.6 Å². The van der Waals surface area contributed by atoms with Crippen LogP contribution < -0.4 is 15.4 Å². The van der Waals surface area contributed by atoms with E-state index in [0.29, 0.717) is 12.8 Å². The molecule has 0 spiro atoms. The highest BCUT2D eigenvalue weighted by Gasteiger charge is 2.62. The molecule has 4 amide bonds. The number of rotatable bonds is 12. The molecule has 12 nitrogen and oxygen atoms in total. The summed E-state index contributed by atoms with van der Waals surface area (Å²) in [7, 11) is -2.36. The maximum absolute atomic E-state index is 14.7. The van der Waals surface area contributed by atoms with Crippen LogP contribution in [0.2, 0.25) is 0 Å². The SMILES string of the molecule is C=C[C@@H]1C[C@]1(NC(=O)[C@@H]1C[C@@](OC)(c2ccc(-c3ccc(C)s3)cc2)CN1C(=O)[C@@H](NC(=O)OC1CCCC1)C(C)(C)C)C(=O)NS(=O)(=O)C1CC1. The van der Waals surface area contributed by atoms with Crippen molar-refractivity contribution in [3.8, 4) is 10.4 Å². The van der Waals surface area contributed by atoms with E-state index in [2.05, 4.69) is 34.1 Å². The summed E-state index contributed by atoms with van der Waals surface area (Å²) in [4.78, 5) is 59.6. The molecule has 52 heavy (non-hydrogen) atoms. The number of aryl methyl sites for hydroxylation is 1. The monoisotopic (exact) mass is 754 g/mol. The van der Waals surface area contributed by atoms with Gasteiger partial charge in [0, 0.05) is 29.2 Å². The van der Waals surface area contributed by atoms with E-state index >= 15 is 0 Å². The van der Waals surface area contributed by atoms with Crippen LogP contribution in [0.4, 0.5) is 4.79 Å². The molecule has 5 atom stereocenters. The van der Waals surface area contributed by atoms with E-state index in [0.717, 1.165) is 41.7 Å². The normalized spacial score (nSPS) is 26.8. The number of thiophene rings is 1. The summed E-state index contributed by atoms with van der Waals surface area (Å²) < 4.78 is 39.5. The fourth-order valence-corrected chi connectivity index (χ4v) is 9.72. The number of alkyl carbamates (subject to hydrolysis) is 1. The predicted octanol–water partition coefficient (Wildman–Crippen LogP) is 4.92. The Bertz CT molecular complexity index is 1830. The topological polar surface area (TPSA) is 160 Å². The maximum atomic E-state index is 14.7. The summed E-state index contributed by atoms with van der Waals surface area (Å²) >= 11 is 1.68. The summed E-state index contributed by atoms with van der Waals surface area (Å²) in [6.07, 6.45) is 5.21. The van der Waals surface area contributed by atoms with Crippen molar-refractivity contribution in [3.63, 3.8) is 0 Å². The minimum absolute atomic E-state index is 0.0239. The van der Waals surface area contributed by atoms with Crippen LogP contribution in [0.1, 0.15) is 82.6 Å². The second-order valence-corrected chi connectivity index (χ2v) is 19.1. The standard InChI is InChI=1S/C38H50N4O8S2/c1-7-25-20-38(25,34(45)41-52(47,48)28-17-18-28)40-32(43)29-21-37(49-6,26-15-13-24(14-16-26)30-19-12-23(2)51-30)22-42(29)33(44)31(36(3,4)5)39-35(46)50-27-10-8-9-11-27/h7,12-16,19,25,27-29,31H,1,8-11,17-18,20-22H2,2-6H3,(H,39,46)(H,40,43)(H,41,45)/t25-,29+,31-,37+,38-/m1/s1. The number of methoxy groups -OCH3 is 1. The van der Waals surface area contributed by atoms with Gasteiger partial charge in [0.15, 0.2) is 0 Å². The first-order valence-corrected chi connectivity index (χ1v) is 20.4. The van der Waals surface area contributed by atoms with E-state index in [-0.39, 0.29) is 25.5 Å². The van der Waals surface area contributed by atoms with Crippen LogP contribution in [0.15, 0.2) is 49.1 Å². The van der Waals surface area contributed by atoms with Crippen molar-refractivity contribution < 1.29 is 37.1 Å². The molecule has 3 aliphatic carbocycles. The number of sulfonamides is 1. The van der Waals surface area contributed by atoms with Gasteiger partial charge in [-0.2, -0.15) is 0 Å². The summed E-state index contributed by atoms with van der Waals surface area (Å²) in [5.41, 5.74) is -1.68. The molecular weight excluding hydrogens is 705 g/mol. The fourth-order valence-electron chi connectivity index (χ4n) is 7.48. The van der Waals surface area contributed by atoms with E-state index < -0.39 is 73.6 Å². The number of likely N-dealkylation sites (tertiary alicyclic amines) is 1. The van der Waals surface area contributed by atoms with Gasteiger partial charge in [0.2, 0.25) is 21.8 Å². The second-order valence-electron chi connectivity index (χ2n) is 15.8. The molecule has 0 radical (unpaired) electrons. The Balaban J connectivity index is 1.31. The van der Waals surface area contributed by atoms with Crippen LogP contribution in [0, 0.1) is 18.3 Å². The second kappa shape index (κ2) is 14.2. The molecule has 4 aliphatic rings. The third kappa shape index (κ3) is 7.65. The third-order valence-corrected chi connectivity index (χ3v) is 13.8. The van der Waals surface area contributed by atoms with Crippen molar-refractivity contribution >= 4 is 45.2 Å². The van der Waals surface area contributed by atoms with Crippen LogP contribution in [-0.2, 0) is 39.5 Å². The van der Waals surface area contributed by atoms with Gasteiger partial charge in [-0.25, -0.2) is 13.2 Å². The maximum Gasteiger partial charge on any atom is 0.408 e. The zero-order valence-corrected chi connectivity index (χ0v) is 32.2. The first-order valence-electron chi connectivity index (χ1n) is 18.0. The zero-order valence-electron chi connectivity index (χ0n) is 30.5. The average molecular weight is 755 g/mol. The molecule has 0 bridgehead atoms. The largest absolute Gasteiger partial charge is 0.446 e. The molecule has 2 aromatic rings. The van der Waals surface area contributed by atoms with E-state index in [1.807, 2.05) is 52.0 Å². The number of nitrogens with zero attached hydrogens (tertiary/aromatic N) is 1. The van der Waals surface area contributed by atoms with Gasteiger partial charge in [0.25, 0.3) is 5.91 Å². The Kier molecular flexibility index (Phi) is 10.4. The van der Waals surface area contributed by atoms with Crippen LogP contribution in [-0.4, -0.2) is 79.8 Å². The lowest BCUT2D eigenvalue weighted by Gasteiger charge is -2.36. The Labute approximate surface area is 310 Å². The molecule has 1 aromatic heterocycles. The van der Waals surface area contributed by atoms with Gasteiger partial charge in [0.1, 0.15) is 29.3 Å². The minimum atomic E-state index is -3.89. The van der Waals surface area contributed by atoms with Crippen molar-refractivity contribution in [2.45, 2.75) is 114 Å². The van der Waals surface area contributed by atoms with E-state index in [1.165, 1.54) is 23.0 Å². The van der Waals surface area contributed by atoms with Crippen LogP contribution >= 0.6 is 11.3 Å². The molecular formula is C38H50N4O8S2. The molecule has 4 fully saturated rings. The molecule has 282 valence electrons. The molecule has 0 unspecified atom stereocenters. The van der Waals surface area contributed by atoms with Crippen molar-refractivity contribution in [1.82, 2.24) is 20.3 Å². The minimum Gasteiger partial charge on any atom is -0.446 e. The highest BCUT2D eigenvalue weighted by Crippen LogP contribution is 2.47.